The van der Waals surface area contributed by atoms with Gasteiger partial charge in [0, 0.05) is 29.5 Å². The predicted molar refractivity (Wildman–Crippen MR) is 97.8 cm³/mol. The molecule has 140 valence electrons. The van der Waals surface area contributed by atoms with Crippen molar-refractivity contribution in [2.45, 2.75) is 38.3 Å². The Morgan fingerprint density at radius 2 is 1.93 bits per heavy atom. The highest BCUT2D eigenvalue weighted by atomic mass is 19.1. The second-order valence-electron chi connectivity index (χ2n) is 7.31. The molecule has 3 heterocycles. The molecule has 27 heavy (non-hydrogen) atoms. The zero-order valence-corrected chi connectivity index (χ0v) is 14.9. The van der Waals surface area contributed by atoms with E-state index in [1.54, 1.807) is 23.2 Å². The fourth-order valence-electron chi connectivity index (χ4n) is 4.17. The fourth-order valence-corrected chi connectivity index (χ4v) is 4.17. The number of fused-ring (bicyclic) bond motifs is 2. The van der Waals surface area contributed by atoms with Crippen LogP contribution in [0, 0.1) is 18.7 Å². The number of halogens is 1. The molecule has 6 nitrogen and oxygen atoms in total. The number of carbonyl (C=O) groups is 2. The van der Waals surface area contributed by atoms with Crippen LogP contribution in [-0.4, -0.2) is 39.1 Å². The van der Waals surface area contributed by atoms with Crippen molar-refractivity contribution in [1.29, 1.82) is 0 Å². The first-order chi connectivity index (χ1) is 12.9. The second kappa shape index (κ2) is 6.64. The molecule has 0 radical (unpaired) electrons. The van der Waals surface area contributed by atoms with Crippen molar-refractivity contribution in [2.75, 3.05) is 5.32 Å². The molecular weight excluding hydrogens is 349 g/mol. The molecule has 0 spiro atoms. The Bertz CT molecular complexity index is 905. The van der Waals surface area contributed by atoms with Crippen molar-refractivity contribution in [1.82, 2.24) is 9.88 Å². The summed E-state index contributed by atoms with van der Waals surface area (Å²) in [5, 5.41) is 12.1. The Morgan fingerprint density at radius 3 is 2.59 bits per heavy atom. The Hall–Kier alpha value is -2.96. The van der Waals surface area contributed by atoms with E-state index in [0.717, 1.165) is 23.7 Å². The fraction of sp³-hybridized carbons (Fsp3) is 0.350. The number of hydrogen-bond acceptors (Lipinski definition) is 3. The van der Waals surface area contributed by atoms with Crippen molar-refractivity contribution in [3.05, 3.63) is 48.0 Å². The minimum absolute atomic E-state index is 0.0119. The van der Waals surface area contributed by atoms with Gasteiger partial charge in [-0.25, -0.2) is 9.18 Å². The predicted octanol–water partition coefficient (Wildman–Crippen LogP) is 3.67. The molecule has 2 N–H and O–H groups in total. The van der Waals surface area contributed by atoms with Crippen LogP contribution < -0.4 is 5.32 Å². The zero-order valence-electron chi connectivity index (χ0n) is 14.9. The number of nitrogens with one attached hydrogen (secondary N) is 1. The van der Waals surface area contributed by atoms with Crippen molar-refractivity contribution in [3.8, 4) is 11.1 Å². The summed E-state index contributed by atoms with van der Waals surface area (Å²) in [6, 6.07) is 6.65. The number of anilines is 1. The van der Waals surface area contributed by atoms with Gasteiger partial charge in [-0.05, 0) is 55.5 Å². The van der Waals surface area contributed by atoms with Crippen LogP contribution in [0.1, 0.15) is 24.8 Å². The molecule has 2 amide bonds. The molecule has 2 bridgehead atoms. The summed E-state index contributed by atoms with van der Waals surface area (Å²) in [6.45, 7) is 1.91. The monoisotopic (exact) mass is 369 g/mol. The van der Waals surface area contributed by atoms with Crippen molar-refractivity contribution in [2.24, 2.45) is 5.92 Å². The molecule has 7 heteroatoms. The maximum Gasteiger partial charge on any atom is 0.322 e. The van der Waals surface area contributed by atoms with Gasteiger partial charge >= 0.3 is 12.0 Å². The quantitative estimate of drug-likeness (QED) is 0.865. The van der Waals surface area contributed by atoms with Crippen LogP contribution >= 0.6 is 0 Å². The minimum Gasteiger partial charge on any atom is -0.481 e. The molecule has 2 aliphatic rings. The average molecular weight is 369 g/mol. The number of pyridine rings is 1. The molecule has 2 aromatic rings. The van der Waals surface area contributed by atoms with E-state index in [4.69, 9.17) is 0 Å². The molecular formula is C20H20FN3O3. The van der Waals surface area contributed by atoms with Gasteiger partial charge in [-0.3, -0.25) is 9.78 Å². The number of carbonyl (C=O) groups excluding carboxylic acids is 1. The molecule has 0 saturated carbocycles. The Kier molecular flexibility index (Phi) is 4.30. The number of amides is 2. The summed E-state index contributed by atoms with van der Waals surface area (Å²) in [4.78, 5) is 29.5. The van der Waals surface area contributed by atoms with E-state index in [2.05, 4.69) is 10.3 Å². The summed E-state index contributed by atoms with van der Waals surface area (Å²) in [7, 11) is 0. The Balaban J connectivity index is 1.50. The van der Waals surface area contributed by atoms with Gasteiger partial charge in [0.2, 0.25) is 0 Å². The summed E-state index contributed by atoms with van der Waals surface area (Å²) in [5.41, 5.74) is 3.01. The highest BCUT2D eigenvalue weighted by molar-refractivity contribution is 5.91. The van der Waals surface area contributed by atoms with Gasteiger partial charge in [-0.2, -0.15) is 0 Å². The first kappa shape index (κ1) is 17.5. The third-order valence-electron chi connectivity index (χ3n) is 5.53. The summed E-state index contributed by atoms with van der Waals surface area (Å²) in [5.74, 6) is -1.55. The van der Waals surface area contributed by atoms with E-state index in [9.17, 15) is 19.1 Å². The van der Waals surface area contributed by atoms with Crippen molar-refractivity contribution in [3.63, 3.8) is 0 Å². The molecule has 2 fully saturated rings. The maximum atomic E-state index is 13.5. The normalized spacial score (nSPS) is 23.5. The number of aryl methyl sites for hydroxylation is 1. The van der Waals surface area contributed by atoms with Crippen molar-refractivity contribution < 1.29 is 19.1 Å². The van der Waals surface area contributed by atoms with Gasteiger partial charge in [-0.1, -0.05) is 6.07 Å². The first-order valence-electron chi connectivity index (χ1n) is 8.96. The lowest BCUT2D eigenvalue weighted by molar-refractivity contribution is -0.147. The number of hydrogen-bond donors (Lipinski definition) is 2. The van der Waals surface area contributed by atoms with E-state index in [0.29, 0.717) is 24.1 Å². The first-order valence-corrected chi connectivity index (χ1v) is 8.96. The minimum atomic E-state index is -0.781. The van der Waals surface area contributed by atoms with Gasteiger partial charge in [-0.15, -0.1) is 0 Å². The highest BCUT2D eigenvalue weighted by Gasteiger charge is 2.49. The lowest BCUT2D eigenvalue weighted by Crippen LogP contribution is -2.64. The second-order valence-corrected chi connectivity index (χ2v) is 7.31. The standard InChI is InChI=1S/C20H20FN3O3/c1-11-2-3-15(7-18(11)13-4-14(21)10-22-9-13)23-20(27)24-16-5-12(19(25)26)6-17(24)8-16/h2-4,7,9-10,12,16-17H,5-6,8H2,1H3,(H,23,27)(H,25,26). The lowest BCUT2D eigenvalue weighted by atomic mass is 9.74. The van der Waals surface area contributed by atoms with Crippen LogP contribution in [0.3, 0.4) is 0 Å². The summed E-state index contributed by atoms with van der Waals surface area (Å²) in [6.07, 6.45) is 4.62. The van der Waals surface area contributed by atoms with E-state index >= 15 is 0 Å². The zero-order chi connectivity index (χ0) is 19.1. The van der Waals surface area contributed by atoms with Crippen LogP contribution in [-0.2, 0) is 4.79 Å². The third kappa shape index (κ3) is 3.25. The van der Waals surface area contributed by atoms with Gasteiger partial charge in [0.1, 0.15) is 5.82 Å². The molecule has 1 aromatic heterocycles. The van der Waals surface area contributed by atoms with Crippen LogP contribution in [0.4, 0.5) is 14.9 Å². The van der Waals surface area contributed by atoms with Crippen LogP contribution in [0.25, 0.3) is 11.1 Å². The Labute approximate surface area is 156 Å². The third-order valence-corrected chi connectivity index (χ3v) is 5.53. The van der Waals surface area contributed by atoms with Gasteiger partial charge in [0.15, 0.2) is 0 Å². The van der Waals surface area contributed by atoms with Crippen molar-refractivity contribution >= 4 is 17.7 Å². The van der Waals surface area contributed by atoms with E-state index in [-0.39, 0.29) is 24.0 Å². The van der Waals surface area contributed by atoms with E-state index in [1.165, 1.54) is 6.07 Å². The molecule has 2 atom stereocenters. The van der Waals surface area contributed by atoms with E-state index < -0.39 is 11.8 Å². The molecule has 0 aliphatic carbocycles. The van der Waals surface area contributed by atoms with Gasteiger partial charge in [0.05, 0.1) is 12.1 Å². The average Bonchev–Trinajstić information content (AvgIpc) is 2.63. The number of urea groups is 1. The number of carboxylic acid groups (broad SMARTS) is 1. The number of nitrogens with zero attached hydrogens (tertiary/aromatic N) is 2. The van der Waals surface area contributed by atoms with Crippen LogP contribution in [0.15, 0.2) is 36.7 Å². The summed E-state index contributed by atoms with van der Waals surface area (Å²) >= 11 is 0. The number of aromatic nitrogens is 1. The summed E-state index contributed by atoms with van der Waals surface area (Å²) < 4.78 is 13.5. The van der Waals surface area contributed by atoms with E-state index in [1.807, 2.05) is 13.0 Å². The lowest BCUT2D eigenvalue weighted by Gasteiger charge is -2.54. The number of piperidine rings is 1. The number of benzene rings is 1. The number of carboxylic acids is 1. The van der Waals surface area contributed by atoms with Gasteiger partial charge < -0.3 is 15.3 Å². The molecule has 2 unspecified atom stereocenters. The molecule has 4 rings (SSSR count). The number of rotatable bonds is 3. The SMILES string of the molecule is Cc1ccc(NC(=O)N2C3CC(C(=O)O)CC2C3)cc1-c1cncc(F)c1. The van der Waals surface area contributed by atoms with Gasteiger partial charge in [0.25, 0.3) is 0 Å². The van der Waals surface area contributed by atoms with Crippen LogP contribution in [0.2, 0.25) is 0 Å². The van der Waals surface area contributed by atoms with Crippen LogP contribution in [0.5, 0.6) is 0 Å². The number of aliphatic carboxylic acids is 1. The maximum absolute atomic E-state index is 13.5. The largest absolute Gasteiger partial charge is 0.481 e. The molecule has 1 aromatic carbocycles. The smallest absolute Gasteiger partial charge is 0.322 e. The highest BCUT2D eigenvalue weighted by Crippen LogP contribution is 2.41. The Morgan fingerprint density at radius 1 is 1.19 bits per heavy atom. The molecule has 2 saturated heterocycles. The molecule has 2 aliphatic heterocycles. The topological polar surface area (TPSA) is 82.5 Å².